The van der Waals surface area contributed by atoms with Crippen molar-refractivity contribution in [3.8, 4) is 23.0 Å². The molecule has 204 valence electrons. The van der Waals surface area contributed by atoms with Crippen LogP contribution in [0.4, 0.5) is 24.8 Å². The summed E-state index contributed by atoms with van der Waals surface area (Å²) in [6, 6.07) is 17.9. The number of halogens is 4. The largest absolute Gasteiger partial charge is 0.457 e. The molecule has 8 nitrogen and oxygen atoms in total. The molecule has 0 aliphatic carbocycles. The quantitative estimate of drug-likeness (QED) is 0.214. The van der Waals surface area contributed by atoms with Crippen LogP contribution in [0.1, 0.15) is 16.1 Å². The van der Waals surface area contributed by atoms with Crippen LogP contribution in [-0.4, -0.2) is 27.5 Å². The zero-order valence-electron chi connectivity index (χ0n) is 21.1. The van der Waals surface area contributed by atoms with E-state index in [0.29, 0.717) is 33.3 Å². The number of carbonyl (C=O) groups excluding carboxylic acids is 1. The standard InChI is InChI=1S/C28H21ClF3N5O3/c1-33-26(38)23-15-20(11-12-34-23)39-19-8-9-24-21(14-19)35-27(37(24)2)36-22-13-16(28(30,31)32)3-10-25(22)40-18-6-4-17(29)5-7-18/h3-15H,1-2H3,(H,33,38)(H,35,36). The highest BCUT2D eigenvalue weighted by Crippen LogP contribution is 2.38. The summed E-state index contributed by atoms with van der Waals surface area (Å²) in [4.78, 5) is 20.4. The number of hydrogen-bond donors (Lipinski definition) is 2. The van der Waals surface area contributed by atoms with Gasteiger partial charge >= 0.3 is 6.18 Å². The molecule has 0 aliphatic heterocycles. The van der Waals surface area contributed by atoms with Crippen LogP contribution in [0.25, 0.3) is 11.0 Å². The van der Waals surface area contributed by atoms with Gasteiger partial charge in [0.15, 0.2) is 5.75 Å². The second-order valence-corrected chi connectivity index (χ2v) is 9.03. The molecule has 12 heteroatoms. The molecule has 2 aromatic heterocycles. The Hall–Kier alpha value is -4.77. The summed E-state index contributed by atoms with van der Waals surface area (Å²) in [5, 5.41) is 5.98. The smallest absolute Gasteiger partial charge is 0.416 e. The lowest BCUT2D eigenvalue weighted by molar-refractivity contribution is -0.137. The summed E-state index contributed by atoms with van der Waals surface area (Å²) in [5.41, 5.74) is 0.640. The number of anilines is 2. The second-order valence-electron chi connectivity index (χ2n) is 8.59. The van der Waals surface area contributed by atoms with Crippen molar-refractivity contribution in [2.75, 3.05) is 12.4 Å². The molecule has 0 bridgehead atoms. The number of nitrogens with zero attached hydrogens (tertiary/aromatic N) is 3. The van der Waals surface area contributed by atoms with Crippen LogP contribution in [-0.2, 0) is 13.2 Å². The van der Waals surface area contributed by atoms with Crippen molar-refractivity contribution in [1.82, 2.24) is 19.9 Å². The Morgan fingerprint density at radius 3 is 2.38 bits per heavy atom. The summed E-state index contributed by atoms with van der Waals surface area (Å²) >= 11 is 5.93. The number of pyridine rings is 1. The Bertz CT molecular complexity index is 1700. The molecule has 3 aromatic carbocycles. The minimum atomic E-state index is -4.56. The third-order valence-corrected chi connectivity index (χ3v) is 6.13. The Balaban J connectivity index is 1.46. The number of alkyl halides is 3. The number of carbonyl (C=O) groups is 1. The van der Waals surface area contributed by atoms with E-state index in [1.807, 2.05) is 0 Å². The molecular formula is C28H21ClF3N5O3. The van der Waals surface area contributed by atoms with Gasteiger partial charge in [0.1, 0.15) is 22.9 Å². The van der Waals surface area contributed by atoms with E-state index in [9.17, 15) is 18.0 Å². The van der Waals surface area contributed by atoms with Crippen molar-refractivity contribution in [3.63, 3.8) is 0 Å². The molecule has 0 atom stereocenters. The SMILES string of the molecule is CNC(=O)c1cc(Oc2ccc3c(c2)nc(Nc2cc(C(F)(F)F)ccc2Oc2ccc(Cl)cc2)n3C)ccn1. The third-order valence-electron chi connectivity index (χ3n) is 5.87. The average Bonchev–Trinajstić information content (AvgIpc) is 3.24. The van der Waals surface area contributed by atoms with Gasteiger partial charge < -0.3 is 24.7 Å². The fraction of sp³-hybridized carbons (Fsp3) is 0.107. The average molecular weight is 568 g/mol. The number of amides is 1. The van der Waals surface area contributed by atoms with Crippen LogP contribution in [0.5, 0.6) is 23.0 Å². The number of ether oxygens (including phenoxy) is 2. The van der Waals surface area contributed by atoms with E-state index >= 15 is 0 Å². The van der Waals surface area contributed by atoms with Crippen LogP contribution in [0.3, 0.4) is 0 Å². The lowest BCUT2D eigenvalue weighted by atomic mass is 10.1. The number of hydrogen-bond acceptors (Lipinski definition) is 6. The molecular weight excluding hydrogens is 547 g/mol. The maximum atomic E-state index is 13.5. The van der Waals surface area contributed by atoms with Gasteiger partial charge in [0.05, 0.1) is 22.3 Å². The Morgan fingerprint density at radius 2 is 1.65 bits per heavy atom. The van der Waals surface area contributed by atoms with Crippen molar-refractivity contribution >= 4 is 40.2 Å². The van der Waals surface area contributed by atoms with Crippen molar-refractivity contribution < 1.29 is 27.4 Å². The van der Waals surface area contributed by atoms with Gasteiger partial charge in [-0.05, 0) is 60.7 Å². The first-order chi connectivity index (χ1) is 19.1. The third kappa shape index (κ3) is 5.79. The van der Waals surface area contributed by atoms with E-state index in [1.165, 1.54) is 25.4 Å². The zero-order valence-corrected chi connectivity index (χ0v) is 21.8. The molecule has 2 N–H and O–H groups in total. The van der Waals surface area contributed by atoms with Crippen LogP contribution in [0.2, 0.25) is 5.02 Å². The Morgan fingerprint density at radius 1 is 0.925 bits per heavy atom. The lowest BCUT2D eigenvalue weighted by Crippen LogP contribution is -2.18. The molecule has 2 heterocycles. The van der Waals surface area contributed by atoms with Crippen molar-refractivity contribution in [3.05, 3.63) is 95.3 Å². The van der Waals surface area contributed by atoms with E-state index in [1.54, 1.807) is 60.1 Å². The first kappa shape index (κ1) is 26.8. The van der Waals surface area contributed by atoms with Gasteiger partial charge in [0, 0.05) is 37.4 Å². The topological polar surface area (TPSA) is 90.3 Å². The van der Waals surface area contributed by atoms with E-state index in [4.69, 9.17) is 21.1 Å². The normalized spacial score (nSPS) is 11.3. The Kier molecular flexibility index (Phi) is 7.22. The zero-order chi connectivity index (χ0) is 28.4. The number of aryl methyl sites for hydroxylation is 1. The van der Waals surface area contributed by atoms with E-state index < -0.39 is 11.7 Å². The van der Waals surface area contributed by atoms with Crippen LogP contribution in [0, 0.1) is 0 Å². The summed E-state index contributed by atoms with van der Waals surface area (Å²) in [6.07, 6.45) is -3.10. The number of rotatable bonds is 7. The maximum absolute atomic E-state index is 13.5. The second kappa shape index (κ2) is 10.8. The molecule has 0 spiro atoms. The molecule has 0 saturated carbocycles. The number of fused-ring (bicyclic) bond motifs is 1. The molecule has 5 aromatic rings. The minimum Gasteiger partial charge on any atom is -0.457 e. The highest BCUT2D eigenvalue weighted by Gasteiger charge is 2.31. The summed E-state index contributed by atoms with van der Waals surface area (Å²) in [7, 11) is 3.23. The van der Waals surface area contributed by atoms with Crippen LogP contribution < -0.4 is 20.1 Å². The minimum absolute atomic E-state index is 0.0678. The van der Waals surface area contributed by atoms with Crippen molar-refractivity contribution in [2.24, 2.45) is 7.05 Å². The lowest BCUT2D eigenvalue weighted by Gasteiger charge is -2.15. The van der Waals surface area contributed by atoms with Gasteiger partial charge in [0.25, 0.3) is 5.91 Å². The molecule has 0 fully saturated rings. The number of benzene rings is 3. The van der Waals surface area contributed by atoms with E-state index in [2.05, 4.69) is 20.6 Å². The number of imidazole rings is 1. The Labute approximate surface area is 231 Å². The first-order valence-electron chi connectivity index (χ1n) is 11.8. The maximum Gasteiger partial charge on any atom is 0.416 e. The first-order valence-corrected chi connectivity index (χ1v) is 12.2. The van der Waals surface area contributed by atoms with E-state index in [0.717, 1.165) is 12.1 Å². The fourth-order valence-corrected chi connectivity index (χ4v) is 3.99. The number of nitrogens with one attached hydrogen (secondary N) is 2. The molecule has 0 saturated heterocycles. The van der Waals surface area contributed by atoms with Crippen LogP contribution in [0.15, 0.2) is 79.0 Å². The predicted octanol–water partition coefficient (Wildman–Crippen LogP) is 7.33. The fourth-order valence-electron chi connectivity index (χ4n) is 3.86. The summed E-state index contributed by atoms with van der Waals surface area (Å²) in [6.45, 7) is 0. The number of aromatic nitrogens is 3. The van der Waals surface area contributed by atoms with Gasteiger partial charge in [0.2, 0.25) is 5.95 Å². The van der Waals surface area contributed by atoms with Gasteiger partial charge in [-0.25, -0.2) is 4.98 Å². The van der Waals surface area contributed by atoms with E-state index in [-0.39, 0.29) is 29.0 Å². The highest BCUT2D eigenvalue weighted by atomic mass is 35.5. The molecule has 1 amide bonds. The van der Waals surface area contributed by atoms with Gasteiger partial charge in [-0.1, -0.05) is 11.6 Å². The van der Waals surface area contributed by atoms with Gasteiger partial charge in [-0.15, -0.1) is 0 Å². The van der Waals surface area contributed by atoms with Crippen molar-refractivity contribution in [1.29, 1.82) is 0 Å². The molecule has 0 aliphatic rings. The van der Waals surface area contributed by atoms with Crippen molar-refractivity contribution in [2.45, 2.75) is 6.18 Å². The monoisotopic (exact) mass is 567 g/mol. The summed E-state index contributed by atoms with van der Waals surface area (Å²) < 4.78 is 54.0. The van der Waals surface area contributed by atoms with Crippen LogP contribution >= 0.6 is 11.6 Å². The van der Waals surface area contributed by atoms with Gasteiger partial charge in [-0.3, -0.25) is 9.78 Å². The predicted molar refractivity (Wildman–Crippen MR) is 145 cm³/mol. The summed E-state index contributed by atoms with van der Waals surface area (Å²) in [5.74, 6) is 1.33. The highest BCUT2D eigenvalue weighted by molar-refractivity contribution is 6.30. The molecule has 40 heavy (non-hydrogen) atoms. The van der Waals surface area contributed by atoms with Gasteiger partial charge in [-0.2, -0.15) is 13.2 Å². The molecule has 0 radical (unpaired) electrons. The molecule has 5 rings (SSSR count). The molecule has 0 unspecified atom stereocenters.